The van der Waals surface area contributed by atoms with E-state index in [4.69, 9.17) is 0 Å². The van der Waals surface area contributed by atoms with Crippen LogP contribution in [0.3, 0.4) is 0 Å². The van der Waals surface area contributed by atoms with E-state index in [0.29, 0.717) is 24.0 Å². The first kappa shape index (κ1) is 19.2. The summed E-state index contributed by atoms with van der Waals surface area (Å²) in [6.45, 7) is 2.22. The Hall–Kier alpha value is -0.860. The van der Waals surface area contributed by atoms with Crippen LogP contribution in [0, 0.1) is 11.8 Å². The average molecular weight is 310 g/mol. The van der Waals surface area contributed by atoms with Gasteiger partial charge in [0.15, 0.2) is 0 Å². The van der Waals surface area contributed by atoms with Crippen molar-refractivity contribution in [3.05, 3.63) is 0 Å². The van der Waals surface area contributed by atoms with Crippen LogP contribution in [-0.4, -0.2) is 18.9 Å². The molecule has 0 saturated heterocycles. The van der Waals surface area contributed by atoms with Crippen molar-refractivity contribution < 1.29 is 14.3 Å². The maximum absolute atomic E-state index is 12.0. The van der Waals surface area contributed by atoms with Crippen molar-refractivity contribution in [1.29, 1.82) is 0 Å². The van der Waals surface area contributed by atoms with Crippen molar-refractivity contribution >= 4 is 11.8 Å². The topological polar surface area (TPSA) is 43.4 Å². The number of rotatable bonds is 12. The van der Waals surface area contributed by atoms with Crippen LogP contribution < -0.4 is 0 Å². The van der Waals surface area contributed by atoms with Crippen LogP contribution in [-0.2, 0) is 14.3 Å². The Kier molecular flexibility index (Phi) is 10.2. The first-order valence-electron chi connectivity index (χ1n) is 9.28. The lowest BCUT2D eigenvalue weighted by Crippen LogP contribution is -2.14. The van der Waals surface area contributed by atoms with Gasteiger partial charge in [0.2, 0.25) is 0 Å². The molecule has 2 atom stereocenters. The van der Waals surface area contributed by atoms with E-state index in [1.54, 1.807) is 0 Å². The zero-order valence-electron chi connectivity index (χ0n) is 14.6. The highest BCUT2D eigenvalue weighted by Crippen LogP contribution is 2.36. The number of unbranched alkanes of at least 4 members (excludes halogenated alkanes) is 6. The van der Waals surface area contributed by atoms with E-state index in [1.807, 2.05) is 0 Å². The van der Waals surface area contributed by atoms with Crippen LogP contribution in [0.2, 0.25) is 0 Å². The summed E-state index contributed by atoms with van der Waals surface area (Å²) in [6.07, 6.45) is 14.3. The summed E-state index contributed by atoms with van der Waals surface area (Å²) in [5.74, 6) is 1.45. The first-order valence-corrected chi connectivity index (χ1v) is 9.28. The number of ether oxygens (including phenoxy) is 1. The highest BCUT2D eigenvalue weighted by atomic mass is 16.5. The molecule has 128 valence electrons. The van der Waals surface area contributed by atoms with E-state index in [1.165, 1.54) is 52.1 Å². The molecule has 3 heteroatoms. The predicted molar refractivity (Wildman–Crippen MR) is 89.7 cm³/mol. The SMILES string of the molecule is CCCCC[C@@H]1C(=O)CC[C@@H]1CCCCCCCC(=O)OC. The van der Waals surface area contributed by atoms with E-state index in [-0.39, 0.29) is 5.97 Å². The van der Waals surface area contributed by atoms with Gasteiger partial charge < -0.3 is 4.74 Å². The molecule has 1 fully saturated rings. The van der Waals surface area contributed by atoms with Crippen LogP contribution in [0.1, 0.15) is 90.4 Å². The molecule has 0 N–H and O–H groups in total. The van der Waals surface area contributed by atoms with Gasteiger partial charge in [-0.3, -0.25) is 9.59 Å². The van der Waals surface area contributed by atoms with Gasteiger partial charge in [0.1, 0.15) is 5.78 Å². The van der Waals surface area contributed by atoms with Crippen LogP contribution in [0.15, 0.2) is 0 Å². The lowest BCUT2D eigenvalue weighted by molar-refractivity contribution is -0.140. The fraction of sp³-hybridized carbons (Fsp3) is 0.895. The molecule has 0 amide bonds. The van der Waals surface area contributed by atoms with Gasteiger partial charge in [0.05, 0.1) is 7.11 Å². The van der Waals surface area contributed by atoms with Crippen LogP contribution >= 0.6 is 0 Å². The van der Waals surface area contributed by atoms with Gasteiger partial charge in [0.25, 0.3) is 0 Å². The Balaban J connectivity index is 2.07. The quantitative estimate of drug-likeness (QED) is 0.373. The molecule has 0 aromatic carbocycles. The van der Waals surface area contributed by atoms with Crippen LogP contribution in [0.4, 0.5) is 0 Å². The largest absolute Gasteiger partial charge is 0.469 e. The molecule has 0 unspecified atom stereocenters. The Labute approximate surface area is 136 Å². The Morgan fingerprint density at radius 2 is 1.73 bits per heavy atom. The molecule has 0 aliphatic heterocycles. The molecule has 1 aliphatic rings. The molecule has 1 rings (SSSR count). The number of carbonyl (C=O) groups is 2. The van der Waals surface area contributed by atoms with Crippen molar-refractivity contribution in [1.82, 2.24) is 0 Å². The van der Waals surface area contributed by atoms with Crippen molar-refractivity contribution in [3.8, 4) is 0 Å². The smallest absolute Gasteiger partial charge is 0.305 e. The monoisotopic (exact) mass is 310 g/mol. The van der Waals surface area contributed by atoms with E-state index in [2.05, 4.69) is 11.7 Å². The second-order valence-corrected chi connectivity index (χ2v) is 6.75. The van der Waals surface area contributed by atoms with Gasteiger partial charge in [0, 0.05) is 18.8 Å². The molecule has 1 aliphatic carbocycles. The molecule has 0 spiro atoms. The number of ketones is 1. The highest BCUT2D eigenvalue weighted by Gasteiger charge is 2.33. The number of esters is 1. The van der Waals surface area contributed by atoms with E-state index < -0.39 is 0 Å². The molecule has 0 radical (unpaired) electrons. The molecule has 1 saturated carbocycles. The molecule has 0 aromatic heterocycles. The standard InChI is InChI=1S/C19H34O3/c1-3-4-8-12-17-16(14-15-18(17)20)11-9-6-5-7-10-13-19(21)22-2/h16-17H,3-15H2,1-2H3/t16-,17-/m0/s1. The molecule has 22 heavy (non-hydrogen) atoms. The summed E-state index contributed by atoms with van der Waals surface area (Å²) in [5.41, 5.74) is 0. The molecular formula is C19H34O3. The van der Waals surface area contributed by atoms with Crippen LogP contribution in [0.5, 0.6) is 0 Å². The third kappa shape index (κ3) is 7.42. The molecule has 0 aromatic rings. The maximum Gasteiger partial charge on any atom is 0.305 e. The zero-order valence-corrected chi connectivity index (χ0v) is 14.6. The van der Waals surface area contributed by atoms with E-state index >= 15 is 0 Å². The molecule has 0 bridgehead atoms. The van der Waals surface area contributed by atoms with Crippen molar-refractivity contribution in [2.45, 2.75) is 90.4 Å². The van der Waals surface area contributed by atoms with Gasteiger partial charge in [-0.2, -0.15) is 0 Å². The number of Topliss-reactive ketones (excluding diaryl/α,β-unsaturated/α-hetero) is 1. The number of methoxy groups -OCH3 is 1. The highest BCUT2D eigenvalue weighted by molar-refractivity contribution is 5.83. The van der Waals surface area contributed by atoms with E-state index in [0.717, 1.165) is 32.1 Å². The minimum absolute atomic E-state index is 0.0978. The third-order valence-electron chi connectivity index (χ3n) is 5.05. The Bertz CT molecular complexity index is 325. The summed E-state index contributed by atoms with van der Waals surface area (Å²) in [7, 11) is 1.45. The van der Waals surface area contributed by atoms with Crippen molar-refractivity contribution in [2.24, 2.45) is 11.8 Å². The van der Waals surface area contributed by atoms with Gasteiger partial charge in [-0.05, 0) is 31.6 Å². The summed E-state index contributed by atoms with van der Waals surface area (Å²) >= 11 is 0. The summed E-state index contributed by atoms with van der Waals surface area (Å²) in [6, 6.07) is 0. The van der Waals surface area contributed by atoms with Gasteiger partial charge in [-0.15, -0.1) is 0 Å². The minimum atomic E-state index is -0.0978. The average Bonchev–Trinajstić information content (AvgIpc) is 2.87. The first-order chi connectivity index (χ1) is 10.7. The minimum Gasteiger partial charge on any atom is -0.469 e. The fourth-order valence-electron chi connectivity index (χ4n) is 3.64. The number of hydrogen-bond acceptors (Lipinski definition) is 3. The lowest BCUT2D eigenvalue weighted by Gasteiger charge is -2.18. The Morgan fingerprint density at radius 1 is 1.05 bits per heavy atom. The summed E-state index contributed by atoms with van der Waals surface area (Å²) in [4.78, 5) is 23.0. The predicted octanol–water partition coefficient (Wildman–Crippen LogP) is 5.07. The van der Waals surface area contributed by atoms with Crippen LogP contribution in [0.25, 0.3) is 0 Å². The van der Waals surface area contributed by atoms with Crippen molar-refractivity contribution in [2.75, 3.05) is 7.11 Å². The van der Waals surface area contributed by atoms with E-state index in [9.17, 15) is 9.59 Å². The normalized spacial score (nSPS) is 21.3. The molecule has 3 nitrogen and oxygen atoms in total. The second-order valence-electron chi connectivity index (χ2n) is 6.75. The number of carbonyl (C=O) groups excluding carboxylic acids is 2. The molecular weight excluding hydrogens is 276 g/mol. The third-order valence-corrected chi connectivity index (χ3v) is 5.05. The summed E-state index contributed by atoms with van der Waals surface area (Å²) < 4.78 is 4.64. The van der Waals surface area contributed by atoms with Crippen molar-refractivity contribution in [3.63, 3.8) is 0 Å². The Morgan fingerprint density at radius 3 is 2.45 bits per heavy atom. The fourth-order valence-corrected chi connectivity index (χ4v) is 3.64. The zero-order chi connectivity index (χ0) is 16.2. The van der Waals surface area contributed by atoms with Gasteiger partial charge >= 0.3 is 5.97 Å². The van der Waals surface area contributed by atoms with Gasteiger partial charge in [-0.25, -0.2) is 0 Å². The van der Waals surface area contributed by atoms with Gasteiger partial charge in [-0.1, -0.05) is 51.9 Å². The maximum atomic E-state index is 12.0. The summed E-state index contributed by atoms with van der Waals surface area (Å²) in [5, 5.41) is 0. The number of hydrogen-bond donors (Lipinski definition) is 0. The second kappa shape index (κ2) is 11.7. The lowest BCUT2D eigenvalue weighted by atomic mass is 9.86. The molecule has 0 heterocycles.